The summed E-state index contributed by atoms with van der Waals surface area (Å²) in [6, 6.07) is 6.41. The summed E-state index contributed by atoms with van der Waals surface area (Å²) in [5, 5.41) is 3.03. The molecule has 108 valence electrons. The quantitative estimate of drug-likeness (QED) is 0.895. The van der Waals surface area contributed by atoms with E-state index in [2.05, 4.69) is 5.32 Å². The van der Waals surface area contributed by atoms with E-state index >= 15 is 0 Å². The van der Waals surface area contributed by atoms with Crippen molar-refractivity contribution in [1.82, 2.24) is 10.2 Å². The number of urea groups is 1. The van der Waals surface area contributed by atoms with Crippen molar-refractivity contribution in [2.75, 3.05) is 13.1 Å². The molecule has 1 heterocycles. The van der Waals surface area contributed by atoms with Crippen LogP contribution in [0.5, 0.6) is 0 Å². The van der Waals surface area contributed by atoms with E-state index in [0.29, 0.717) is 23.7 Å². The number of likely N-dealkylation sites (tertiary alicyclic amines) is 1. The van der Waals surface area contributed by atoms with Gasteiger partial charge in [-0.3, -0.25) is 4.79 Å². The molecule has 6 heteroatoms. The minimum Gasteiger partial charge on any atom is -0.352 e. The highest BCUT2D eigenvalue weighted by Gasteiger charge is 2.28. The molecule has 0 aliphatic carbocycles. The molecule has 20 heavy (non-hydrogen) atoms. The normalized spacial score (nSPS) is 18.6. The Kier molecular flexibility index (Phi) is 4.84. The van der Waals surface area contributed by atoms with Gasteiger partial charge in [0.15, 0.2) is 0 Å². The Morgan fingerprint density at radius 1 is 1.35 bits per heavy atom. The molecule has 0 unspecified atom stereocenters. The van der Waals surface area contributed by atoms with E-state index in [-0.39, 0.29) is 11.9 Å². The first-order valence-corrected chi connectivity index (χ1v) is 7.06. The zero-order valence-electron chi connectivity index (χ0n) is 11.1. The Morgan fingerprint density at radius 3 is 2.80 bits per heavy atom. The Morgan fingerprint density at radius 2 is 2.10 bits per heavy atom. The Balaban J connectivity index is 2.13. The van der Waals surface area contributed by atoms with Crippen LogP contribution in [-0.4, -0.2) is 36.0 Å². The van der Waals surface area contributed by atoms with Crippen LogP contribution in [-0.2, 0) is 0 Å². The maximum atomic E-state index is 12.6. The summed E-state index contributed by atoms with van der Waals surface area (Å²) in [7, 11) is 0. The van der Waals surface area contributed by atoms with Crippen molar-refractivity contribution >= 4 is 23.5 Å². The molecule has 1 saturated heterocycles. The van der Waals surface area contributed by atoms with E-state index in [1.54, 1.807) is 29.2 Å². The lowest BCUT2D eigenvalue weighted by Gasteiger charge is -2.36. The highest BCUT2D eigenvalue weighted by atomic mass is 35.5. The largest absolute Gasteiger partial charge is 0.352 e. The van der Waals surface area contributed by atoms with Crippen LogP contribution >= 0.6 is 11.6 Å². The number of nitrogens with zero attached hydrogens (tertiary/aromatic N) is 1. The van der Waals surface area contributed by atoms with Gasteiger partial charge in [0.1, 0.15) is 0 Å². The molecule has 3 amide bonds. The van der Waals surface area contributed by atoms with Gasteiger partial charge in [0.25, 0.3) is 5.91 Å². The summed E-state index contributed by atoms with van der Waals surface area (Å²) >= 11 is 6.08. The molecular weight excluding hydrogens is 278 g/mol. The number of carbonyl (C=O) groups is 2. The van der Waals surface area contributed by atoms with Gasteiger partial charge in [0.2, 0.25) is 0 Å². The maximum absolute atomic E-state index is 12.6. The van der Waals surface area contributed by atoms with Crippen molar-refractivity contribution in [3.05, 3.63) is 34.9 Å². The molecule has 1 atom stereocenters. The van der Waals surface area contributed by atoms with E-state index in [1.165, 1.54) is 0 Å². The Hall–Kier alpha value is -1.75. The van der Waals surface area contributed by atoms with E-state index in [1.807, 2.05) is 0 Å². The van der Waals surface area contributed by atoms with Gasteiger partial charge < -0.3 is 16.0 Å². The summed E-state index contributed by atoms with van der Waals surface area (Å²) in [5.74, 6) is -0.0911. The van der Waals surface area contributed by atoms with Crippen LogP contribution in [0.15, 0.2) is 24.3 Å². The van der Waals surface area contributed by atoms with Gasteiger partial charge in [-0.2, -0.15) is 0 Å². The number of piperidine rings is 1. The predicted octanol–water partition coefficient (Wildman–Crippen LogP) is 2.00. The molecule has 0 radical (unpaired) electrons. The molecule has 0 spiro atoms. The van der Waals surface area contributed by atoms with Crippen LogP contribution in [0.1, 0.15) is 29.6 Å². The van der Waals surface area contributed by atoms with E-state index in [0.717, 1.165) is 19.3 Å². The summed E-state index contributed by atoms with van der Waals surface area (Å²) in [5.41, 5.74) is 5.59. The topological polar surface area (TPSA) is 75.4 Å². The fourth-order valence-corrected chi connectivity index (χ4v) is 2.70. The lowest BCUT2D eigenvalue weighted by atomic mass is 10.0. The number of carbonyl (C=O) groups excluding carboxylic acids is 2. The van der Waals surface area contributed by atoms with Crippen LogP contribution in [0.25, 0.3) is 0 Å². The number of primary amides is 1. The van der Waals surface area contributed by atoms with Gasteiger partial charge in [0.05, 0.1) is 10.6 Å². The minimum absolute atomic E-state index is 0.0278. The average Bonchev–Trinajstić information content (AvgIpc) is 2.45. The molecule has 1 aliphatic heterocycles. The summed E-state index contributed by atoms with van der Waals surface area (Å²) < 4.78 is 0. The summed E-state index contributed by atoms with van der Waals surface area (Å²) in [4.78, 5) is 25.2. The third-order valence-corrected chi connectivity index (χ3v) is 3.83. The van der Waals surface area contributed by atoms with Gasteiger partial charge in [0, 0.05) is 19.1 Å². The molecule has 1 aromatic rings. The number of rotatable bonds is 3. The number of hydrogen-bond donors (Lipinski definition) is 2. The summed E-state index contributed by atoms with van der Waals surface area (Å²) in [6.45, 7) is 1.06. The second kappa shape index (κ2) is 6.61. The molecule has 2 rings (SSSR count). The van der Waals surface area contributed by atoms with Crippen molar-refractivity contribution in [2.24, 2.45) is 5.73 Å². The van der Waals surface area contributed by atoms with Crippen molar-refractivity contribution in [2.45, 2.75) is 25.3 Å². The third-order valence-electron chi connectivity index (χ3n) is 3.50. The first-order chi connectivity index (χ1) is 9.59. The van der Waals surface area contributed by atoms with Crippen LogP contribution in [0.2, 0.25) is 5.02 Å². The number of nitrogens with two attached hydrogens (primary N) is 1. The minimum atomic E-state index is -0.569. The SMILES string of the molecule is NC(=O)NC[C@H]1CCCCN1C(=O)c1ccccc1Cl. The van der Waals surface area contributed by atoms with Crippen molar-refractivity contribution in [3.8, 4) is 0 Å². The molecule has 1 fully saturated rings. The highest BCUT2D eigenvalue weighted by molar-refractivity contribution is 6.33. The van der Waals surface area contributed by atoms with Gasteiger partial charge >= 0.3 is 6.03 Å². The van der Waals surface area contributed by atoms with E-state index < -0.39 is 6.03 Å². The van der Waals surface area contributed by atoms with Crippen LogP contribution in [0.3, 0.4) is 0 Å². The average molecular weight is 296 g/mol. The zero-order chi connectivity index (χ0) is 14.5. The van der Waals surface area contributed by atoms with Gasteiger partial charge in [-0.25, -0.2) is 4.79 Å². The first-order valence-electron chi connectivity index (χ1n) is 6.68. The van der Waals surface area contributed by atoms with Crippen molar-refractivity contribution in [3.63, 3.8) is 0 Å². The Labute approximate surface area is 123 Å². The maximum Gasteiger partial charge on any atom is 0.312 e. The molecule has 1 aliphatic rings. The number of nitrogens with one attached hydrogen (secondary N) is 1. The number of amides is 3. The molecule has 5 nitrogen and oxygen atoms in total. The van der Waals surface area contributed by atoms with Crippen molar-refractivity contribution < 1.29 is 9.59 Å². The highest BCUT2D eigenvalue weighted by Crippen LogP contribution is 2.23. The van der Waals surface area contributed by atoms with E-state index in [4.69, 9.17) is 17.3 Å². The number of halogens is 1. The van der Waals surface area contributed by atoms with Gasteiger partial charge in [-0.05, 0) is 31.4 Å². The lowest BCUT2D eigenvalue weighted by Crippen LogP contribution is -2.50. The molecule has 0 bridgehead atoms. The van der Waals surface area contributed by atoms with Crippen molar-refractivity contribution in [1.29, 1.82) is 0 Å². The number of hydrogen-bond acceptors (Lipinski definition) is 2. The fourth-order valence-electron chi connectivity index (χ4n) is 2.49. The van der Waals surface area contributed by atoms with Gasteiger partial charge in [-0.1, -0.05) is 23.7 Å². The van der Waals surface area contributed by atoms with Crippen LogP contribution in [0.4, 0.5) is 4.79 Å². The fraction of sp³-hybridized carbons (Fsp3) is 0.429. The Bertz CT molecular complexity index is 507. The van der Waals surface area contributed by atoms with E-state index in [9.17, 15) is 9.59 Å². The van der Waals surface area contributed by atoms with Gasteiger partial charge in [-0.15, -0.1) is 0 Å². The third kappa shape index (κ3) is 3.42. The standard InChI is InChI=1S/C14H18ClN3O2/c15-12-7-2-1-6-11(12)13(19)18-8-4-3-5-10(18)9-17-14(16)20/h1-2,6-7,10H,3-5,8-9H2,(H3,16,17,20)/t10-/m1/s1. The van der Waals surface area contributed by atoms with Crippen LogP contribution < -0.4 is 11.1 Å². The second-order valence-corrected chi connectivity index (χ2v) is 5.28. The monoisotopic (exact) mass is 295 g/mol. The summed E-state index contributed by atoms with van der Waals surface area (Å²) in [6.07, 6.45) is 2.86. The molecule has 0 saturated carbocycles. The second-order valence-electron chi connectivity index (χ2n) is 4.87. The molecule has 3 N–H and O–H groups in total. The zero-order valence-corrected chi connectivity index (χ0v) is 11.9. The molecular formula is C14H18ClN3O2. The first kappa shape index (κ1) is 14.7. The molecule has 1 aromatic carbocycles. The lowest BCUT2D eigenvalue weighted by molar-refractivity contribution is 0.0615. The number of benzene rings is 1. The smallest absolute Gasteiger partial charge is 0.312 e. The van der Waals surface area contributed by atoms with Crippen LogP contribution in [0, 0.1) is 0 Å². The predicted molar refractivity (Wildman–Crippen MR) is 77.7 cm³/mol. The molecule has 0 aromatic heterocycles.